The van der Waals surface area contributed by atoms with Gasteiger partial charge in [0.15, 0.2) is 0 Å². The standard InChI is InChI=1S/C16H15NO3/c18-15(17-13-9-5-2-6-10-13)14(16(19)20)11-12-7-3-1-4-8-12/h1-10,14H,11H2,(H,17,18)(H,19,20). The van der Waals surface area contributed by atoms with Crippen LogP contribution in [0.15, 0.2) is 60.7 Å². The lowest BCUT2D eigenvalue weighted by Gasteiger charge is -2.13. The summed E-state index contributed by atoms with van der Waals surface area (Å²) in [6, 6.07) is 18.0. The normalized spacial score (nSPS) is 11.6. The molecule has 102 valence electrons. The molecule has 2 rings (SSSR count). The molecule has 4 nitrogen and oxygen atoms in total. The van der Waals surface area contributed by atoms with Crippen LogP contribution in [-0.2, 0) is 16.0 Å². The molecule has 0 radical (unpaired) electrons. The van der Waals surface area contributed by atoms with E-state index < -0.39 is 17.8 Å². The molecule has 0 spiro atoms. The molecule has 0 aliphatic rings. The van der Waals surface area contributed by atoms with Crippen molar-refractivity contribution in [3.63, 3.8) is 0 Å². The molecule has 1 unspecified atom stereocenters. The van der Waals surface area contributed by atoms with Crippen molar-refractivity contribution in [2.75, 3.05) is 5.32 Å². The maximum atomic E-state index is 12.1. The predicted octanol–water partition coefficient (Wildman–Crippen LogP) is 2.57. The molecule has 4 heteroatoms. The first kappa shape index (κ1) is 13.8. The number of benzene rings is 2. The third kappa shape index (κ3) is 3.68. The number of carboxylic acid groups (broad SMARTS) is 1. The number of aliphatic carboxylic acids is 1. The van der Waals surface area contributed by atoms with Crippen molar-refractivity contribution in [3.8, 4) is 0 Å². The van der Waals surface area contributed by atoms with E-state index >= 15 is 0 Å². The van der Waals surface area contributed by atoms with E-state index in [0.29, 0.717) is 5.69 Å². The van der Waals surface area contributed by atoms with Gasteiger partial charge in [0.05, 0.1) is 0 Å². The summed E-state index contributed by atoms with van der Waals surface area (Å²) in [6.07, 6.45) is 0.175. The van der Waals surface area contributed by atoms with E-state index in [-0.39, 0.29) is 6.42 Å². The molecule has 2 aromatic rings. The Morgan fingerprint density at radius 3 is 2.05 bits per heavy atom. The molecule has 2 N–H and O–H groups in total. The first-order chi connectivity index (χ1) is 9.66. The number of carbonyl (C=O) groups is 2. The van der Waals surface area contributed by atoms with E-state index in [1.54, 1.807) is 24.3 Å². The van der Waals surface area contributed by atoms with Crippen LogP contribution in [0.5, 0.6) is 0 Å². The van der Waals surface area contributed by atoms with Gasteiger partial charge in [-0.1, -0.05) is 48.5 Å². The molecule has 1 amide bonds. The minimum atomic E-state index is -1.12. The van der Waals surface area contributed by atoms with Crippen molar-refractivity contribution >= 4 is 17.6 Å². The highest BCUT2D eigenvalue weighted by Gasteiger charge is 2.26. The maximum Gasteiger partial charge on any atom is 0.316 e. The van der Waals surface area contributed by atoms with Gasteiger partial charge in [0.2, 0.25) is 5.91 Å². The van der Waals surface area contributed by atoms with Crippen molar-refractivity contribution in [2.24, 2.45) is 5.92 Å². The Kier molecular flexibility index (Phi) is 4.50. The predicted molar refractivity (Wildman–Crippen MR) is 76.3 cm³/mol. The Bertz CT molecular complexity index is 581. The second-order valence-electron chi connectivity index (χ2n) is 4.44. The Labute approximate surface area is 117 Å². The molecule has 0 aliphatic heterocycles. The molecule has 0 aliphatic carbocycles. The van der Waals surface area contributed by atoms with Gasteiger partial charge in [-0.2, -0.15) is 0 Å². The van der Waals surface area contributed by atoms with Crippen LogP contribution in [0.25, 0.3) is 0 Å². The van der Waals surface area contributed by atoms with E-state index in [9.17, 15) is 14.7 Å². The lowest BCUT2D eigenvalue weighted by Crippen LogP contribution is -2.31. The third-order valence-corrected chi connectivity index (χ3v) is 2.94. The van der Waals surface area contributed by atoms with Crippen LogP contribution >= 0.6 is 0 Å². The van der Waals surface area contributed by atoms with Gasteiger partial charge < -0.3 is 10.4 Å². The summed E-state index contributed by atoms with van der Waals surface area (Å²) >= 11 is 0. The zero-order valence-electron chi connectivity index (χ0n) is 10.8. The van der Waals surface area contributed by atoms with Crippen LogP contribution in [0.1, 0.15) is 5.56 Å². The fraction of sp³-hybridized carbons (Fsp3) is 0.125. The van der Waals surface area contributed by atoms with Gasteiger partial charge in [0.1, 0.15) is 5.92 Å². The number of amides is 1. The topological polar surface area (TPSA) is 66.4 Å². The molecular weight excluding hydrogens is 254 g/mol. The van der Waals surface area contributed by atoms with Gasteiger partial charge in [0, 0.05) is 5.69 Å². The van der Waals surface area contributed by atoms with Gasteiger partial charge in [0.25, 0.3) is 0 Å². The number of hydrogen-bond acceptors (Lipinski definition) is 2. The van der Waals surface area contributed by atoms with Crippen molar-refractivity contribution in [1.29, 1.82) is 0 Å². The second kappa shape index (κ2) is 6.52. The van der Waals surface area contributed by atoms with E-state index in [1.807, 2.05) is 36.4 Å². The highest BCUT2D eigenvalue weighted by atomic mass is 16.4. The number of carbonyl (C=O) groups excluding carboxylic acids is 1. The zero-order valence-corrected chi connectivity index (χ0v) is 10.8. The van der Waals surface area contributed by atoms with E-state index in [4.69, 9.17) is 0 Å². The first-order valence-electron chi connectivity index (χ1n) is 6.29. The van der Waals surface area contributed by atoms with Gasteiger partial charge in [-0.3, -0.25) is 9.59 Å². The van der Waals surface area contributed by atoms with Crippen LogP contribution in [0, 0.1) is 5.92 Å². The van der Waals surface area contributed by atoms with Crippen LogP contribution in [-0.4, -0.2) is 17.0 Å². The lowest BCUT2D eigenvalue weighted by molar-refractivity contribution is -0.145. The van der Waals surface area contributed by atoms with E-state index in [0.717, 1.165) is 5.56 Å². The third-order valence-electron chi connectivity index (χ3n) is 2.94. The molecule has 2 aromatic carbocycles. The average molecular weight is 269 g/mol. The Balaban J connectivity index is 2.09. The van der Waals surface area contributed by atoms with Crippen molar-refractivity contribution in [2.45, 2.75) is 6.42 Å². The summed E-state index contributed by atoms with van der Waals surface area (Å²) in [5.74, 6) is -2.73. The number of carboxylic acids is 1. The summed E-state index contributed by atoms with van der Waals surface area (Å²) < 4.78 is 0. The molecule has 0 aromatic heterocycles. The number of nitrogens with one attached hydrogen (secondary N) is 1. The molecule has 20 heavy (non-hydrogen) atoms. The molecular formula is C16H15NO3. The average Bonchev–Trinajstić information content (AvgIpc) is 2.46. The molecule has 0 bridgehead atoms. The zero-order chi connectivity index (χ0) is 14.4. The fourth-order valence-corrected chi connectivity index (χ4v) is 1.89. The first-order valence-corrected chi connectivity index (χ1v) is 6.29. The fourth-order valence-electron chi connectivity index (χ4n) is 1.89. The number of anilines is 1. The van der Waals surface area contributed by atoms with Gasteiger partial charge in [-0.15, -0.1) is 0 Å². The quantitative estimate of drug-likeness (QED) is 0.820. The summed E-state index contributed by atoms with van der Waals surface area (Å²) in [4.78, 5) is 23.3. The number of rotatable bonds is 5. The van der Waals surface area contributed by atoms with Crippen molar-refractivity contribution < 1.29 is 14.7 Å². The SMILES string of the molecule is O=C(O)C(Cc1ccccc1)C(=O)Nc1ccccc1. The minimum absolute atomic E-state index is 0.175. The minimum Gasteiger partial charge on any atom is -0.481 e. The van der Waals surface area contributed by atoms with Crippen LogP contribution < -0.4 is 5.32 Å². The molecule has 0 saturated heterocycles. The van der Waals surface area contributed by atoms with E-state index in [1.165, 1.54) is 0 Å². The summed E-state index contributed by atoms with van der Waals surface area (Å²) in [5.41, 5.74) is 1.42. The molecule has 1 atom stereocenters. The van der Waals surface area contributed by atoms with Gasteiger partial charge in [-0.25, -0.2) is 0 Å². The Morgan fingerprint density at radius 1 is 0.950 bits per heavy atom. The highest BCUT2D eigenvalue weighted by molar-refractivity contribution is 6.04. The largest absolute Gasteiger partial charge is 0.481 e. The summed E-state index contributed by atoms with van der Waals surface area (Å²) in [6.45, 7) is 0. The summed E-state index contributed by atoms with van der Waals surface area (Å²) in [5, 5.41) is 11.8. The van der Waals surface area contributed by atoms with Crippen molar-refractivity contribution in [1.82, 2.24) is 0 Å². The number of hydrogen-bond donors (Lipinski definition) is 2. The van der Waals surface area contributed by atoms with Crippen LogP contribution in [0.4, 0.5) is 5.69 Å². The lowest BCUT2D eigenvalue weighted by atomic mass is 9.98. The maximum absolute atomic E-state index is 12.1. The number of para-hydroxylation sites is 1. The monoisotopic (exact) mass is 269 g/mol. The highest BCUT2D eigenvalue weighted by Crippen LogP contribution is 2.13. The van der Waals surface area contributed by atoms with E-state index in [2.05, 4.69) is 5.32 Å². The second-order valence-corrected chi connectivity index (χ2v) is 4.44. The van der Waals surface area contributed by atoms with Crippen molar-refractivity contribution in [3.05, 3.63) is 66.2 Å². The Hall–Kier alpha value is -2.62. The van der Waals surface area contributed by atoms with Crippen LogP contribution in [0.3, 0.4) is 0 Å². The van der Waals surface area contributed by atoms with Gasteiger partial charge >= 0.3 is 5.97 Å². The molecule has 0 fully saturated rings. The van der Waals surface area contributed by atoms with Crippen LogP contribution in [0.2, 0.25) is 0 Å². The smallest absolute Gasteiger partial charge is 0.316 e. The van der Waals surface area contributed by atoms with Gasteiger partial charge in [-0.05, 0) is 24.1 Å². The summed E-state index contributed by atoms with van der Waals surface area (Å²) in [7, 11) is 0. The Morgan fingerprint density at radius 2 is 1.50 bits per heavy atom. The molecule has 0 heterocycles. The molecule has 0 saturated carbocycles.